The van der Waals surface area contributed by atoms with Gasteiger partial charge in [0.1, 0.15) is 5.75 Å². The van der Waals surface area contributed by atoms with Crippen LogP contribution in [0, 0.1) is 20.8 Å². The van der Waals surface area contributed by atoms with E-state index in [0.29, 0.717) is 8.58 Å². The van der Waals surface area contributed by atoms with Crippen LogP contribution in [0.5, 0.6) is 5.75 Å². The Morgan fingerprint density at radius 3 is 2.41 bits per heavy atom. The van der Waals surface area contributed by atoms with Crippen LogP contribution < -0.4 is 20.7 Å². The Morgan fingerprint density at radius 1 is 0.862 bits per heavy atom. The largest absolute Gasteiger partial charge is 0.467 e. The first-order valence-corrected chi connectivity index (χ1v) is 10.9. The van der Waals surface area contributed by atoms with E-state index >= 15 is 0 Å². The van der Waals surface area contributed by atoms with E-state index in [4.69, 9.17) is 9.47 Å². The van der Waals surface area contributed by atoms with Gasteiger partial charge in [-0.05, 0) is 60.0 Å². The van der Waals surface area contributed by atoms with Gasteiger partial charge in [-0.25, -0.2) is 0 Å². The third kappa shape index (κ3) is 5.90. The monoisotopic (exact) mass is 407 g/mol. The third-order valence-corrected chi connectivity index (χ3v) is 6.45. The minimum Gasteiger partial charge on any atom is -0.467 e. The van der Waals surface area contributed by atoms with Crippen LogP contribution in [0.15, 0.2) is 60.7 Å². The number of hydrogen-bond acceptors (Lipinski definition) is 3. The van der Waals surface area contributed by atoms with E-state index < -0.39 is 0 Å². The van der Waals surface area contributed by atoms with Gasteiger partial charge in [-0.1, -0.05) is 63.2 Å². The zero-order valence-corrected chi connectivity index (χ0v) is 18.7. The Kier molecular flexibility index (Phi) is 7.83. The smallest absolute Gasteiger partial charge is 0.188 e. The van der Waals surface area contributed by atoms with Crippen molar-refractivity contribution in [1.82, 2.24) is 5.32 Å². The molecule has 0 radical (unpaired) electrons. The molecule has 0 fully saturated rings. The summed E-state index contributed by atoms with van der Waals surface area (Å²) in [5.74, 6) is 0.947. The summed E-state index contributed by atoms with van der Waals surface area (Å²) in [4.78, 5) is 0. The van der Waals surface area contributed by atoms with E-state index in [2.05, 4.69) is 86.8 Å². The molecule has 0 aliphatic heterocycles. The molecular weight excluding hydrogens is 377 g/mol. The molecule has 0 heterocycles. The number of methoxy groups -OCH3 is 1. The second kappa shape index (κ2) is 10.5. The van der Waals surface area contributed by atoms with Gasteiger partial charge in [0, 0.05) is 25.5 Å². The van der Waals surface area contributed by atoms with Gasteiger partial charge in [0.2, 0.25) is 0 Å². The highest BCUT2D eigenvalue weighted by Gasteiger charge is 2.13. The fourth-order valence-electron chi connectivity index (χ4n) is 3.48. The summed E-state index contributed by atoms with van der Waals surface area (Å²) in [6, 6.07) is 21.5. The van der Waals surface area contributed by atoms with Crippen LogP contribution in [0.1, 0.15) is 27.8 Å². The number of ether oxygens (including phenoxy) is 2. The van der Waals surface area contributed by atoms with Gasteiger partial charge in [-0.3, -0.25) is 0 Å². The molecule has 0 bridgehead atoms. The molecule has 0 amide bonds. The highest BCUT2D eigenvalue weighted by atomic mass is 31.1. The lowest BCUT2D eigenvalue weighted by Crippen LogP contribution is -2.21. The van der Waals surface area contributed by atoms with Gasteiger partial charge < -0.3 is 14.8 Å². The number of nitrogens with one attached hydrogen (secondary N) is 1. The molecule has 1 unspecified atom stereocenters. The second-order valence-electron chi connectivity index (χ2n) is 7.33. The quantitative estimate of drug-likeness (QED) is 0.418. The molecular formula is C25H30NO2P. The lowest BCUT2D eigenvalue weighted by Gasteiger charge is -2.18. The molecule has 3 aromatic rings. The van der Waals surface area contributed by atoms with Crippen LogP contribution >= 0.6 is 8.58 Å². The van der Waals surface area contributed by atoms with Crippen molar-refractivity contribution in [2.45, 2.75) is 33.9 Å². The minimum atomic E-state index is 0.265. The van der Waals surface area contributed by atoms with E-state index in [1.165, 1.54) is 32.9 Å². The number of hydrogen-bond donors (Lipinski definition) is 1. The maximum atomic E-state index is 5.93. The summed E-state index contributed by atoms with van der Waals surface area (Å²) in [6.45, 7) is 8.41. The minimum absolute atomic E-state index is 0.265. The Balaban J connectivity index is 1.82. The van der Waals surface area contributed by atoms with Crippen molar-refractivity contribution in [3.8, 4) is 5.75 Å². The van der Waals surface area contributed by atoms with Crippen molar-refractivity contribution in [2.75, 3.05) is 13.9 Å². The lowest BCUT2D eigenvalue weighted by atomic mass is 10.1. The van der Waals surface area contributed by atoms with Crippen LogP contribution in [0.4, 0.5) is 0 Å². The van der Waals surface area contributed by atoms with E-state index in [-0.39, 0.29) is 6.79 Å². The fourth-order valence-corrected chi connectivity index (χ4v) is 5.05. The average molecular weight is 407 g/mol. The van der Waals surface area contributed by atoms with Crippen LogP contribution in [-0.4, -0.2) is 13.9 Å². The molecule has 0 aliphatic rings. The van der Waals surface area contributed by atoms with Crippen molar-refractivity contribution >= 4 is 19.2 Å². The van der Waals surface area contributed by atoms with Crippen LogP contribution in [0.2, 0.25) is 0 Å². The van der Waals surface area contributed by atoms with Gasteiger partial charge in [-0.2, -0.15) is 0 Å². The molecule has 3 rings (SSSR count). The van der Waals surface area contributed by atoms with Gasteiger partial charge in [0.15, 0.2) is 6.79 Å². The van der Waals surface area contributed by atoms with Crippen molar-refractivity contribution < 1.29 is 9.47 Å². The van der Waals surface area contributed by atoms with E-state index in [1.54, 1.807) is 7.11 Å². The predicted octanol–water partition coefficient (Wildman–Crippen LogP) is 4.51. The molecule has 3 nitrogen and oxygen atoms in total. The van der Waals surface area contributed by atoms with E-state index in [0.717, 1.165) is 24.4 Å². The SMILES string of the molecule is COCOc1c(C)cc(C)cc1Pc1c(C)cccc1CNCc1ccccc1. The highest BCUT2D eigenvalue weighted by molar-refractivity contribution is 7.56. The molecule has 152 valence electrons. The average Bonchev–Trinajstić information content (AvgIpc) is 2.70. The molecule has 3 aromatic carbocycles. The number of rotatable bonds is 9. The summed E-state index contributed by atoms with van der Waals surface area (Å²) in [5, 5.41) is 6.22. The molecule has 4 heteroatoms. The zero-order valence-electron chi connectivity index (χ0n) is 17.7. The van der Waals surface area contributed by atoms with Crippen LogP contribution in [-0.2, 0) is 17.8 Å². The summed E-state index contributed by atoms with van der Waals surface area (Å²) >= 11 is 0. The van der Waals surface area contributed by atoms with Crippen LogP contribution in [0.3, 0.4) is 0 Å². The molecule has 0 saturated heterocycles. The Bertz CT molecular complexity index is 941. The topological polar surface area (TPSA) is 30.5 Å². The van der Waals surface area contributed by atoms with Crippen molar-refractivity contribution in [3.63, 3.8) is 0 Å². The Labute approximate surface area is 176 Å². The zero-order chi connectivity index (χ0) is 20.6. The van der Waals surface area contributed by atoms with Gasteiger partial charge in [-0.15, -0.1) is 0 Å². The molecule has 0 spiro atoms. The third-order valence-electron chi connectivity index (χ3n) is 4.85. The Morgan fingerprint density at radius 2 is 1.66 bits per heavy atom. The summed E-state index contributed by atoms with van der Waals surface area (Å²) in [7, 11) is 2.19. The first-order valence-electron chi connectivity index (χ1n) is 9.91. The van der Waals surface area contributed by atoms with Gasteiger partial charge in [0.05, 0.1) is 0 Å². The van der Waals surface area contributed by atoms with Crippen molar-refractivity contribution in [2.24, 2.45) is 0 Å². The lowest BCUT2D eigenvalue weighted by molar-refractivity contribution is 0.0514. The fraction of sp³-hybridized carbons (Fsp3) is 0.280. The predicted molar refractivity (Wildman–Crippen MR) is 124 cm³/mol. The maximum Gasteiger partial charge on any atom is 0.188 e. The summed E-state index contributed by atoms with van der Waals surface area (Å²) < 4.78 is 11.1. The van der Waals surface area contributed by atoms with E-state index in [1.807, 2.05) is 0 Å². The molecule has 29 heavy (non-hydrogen) atoms. The summed E-state index contributed by atoms with van der Waals surface area (Å²) in [6.07, 6.45) is 0. The normalized spacial score (nSPS) is 11.3. The molecule has 0 aliphatic carbocycles. The standard InChI is InChI=1S/C25H30NO2P/c1-18-13-20(3)24(28-17-27-4)23(14-18)29-25-19(2)9-8-12-22(25)16-26-15-21-10-6-5-7-11-21/h5-14,26,29H,15-17H2,1-4H3. The summed E-state index contributed by atoms with van der Waals surface area (Å²) in [5.41, 5.74) is 6.37. The van der Waals surface area contributed by atoms with Gasteiger partial charge in [0.25, 0.3) is 0 Å². The molecule has 0 aromatic heterocycles. The van der Waals surface area contributed by atoms with Crippen molar-refractivity contribution in [1.29, 1.82) is 0 Å². The highest BCUT2D eigenvalue weighted by Crippen LogP contribution is 2.27. The first kappa shape index (κ1) is 21.5. The first-order chi connectivity index (χ1) is 14.1. The number of aryl methyl sites for hydroxylation is 3. The maximum absolute atomic E-state index is 5.93. The van der Waals surface area contributed by atoms with Crippen molar-refractivity contribution in [3.05, 3.63) is 88.5 Å². The number of benzene rings is 3. The van der Waals surface area contributed by atoms with Gasteiger partial charge >= 0.3 is 0 Å². The van der Waals surface area contributed by atoms with E-state index in [9.17, 15) is 0 Å². The molecule has 1 N–H and O–H groups in total. The molecule has 1 atom stereocenters. The van der Waals surface area contributed by atoms with Crippen LogP contribution in [0.25, 0.3) is 0 Å². The second-order valence-corrected chi connectivity index (χ2v) is 8.62. The molecule has 0 saturated carbocycles. The Hall–Kier alpha value is -2.19.